The molecule has 1 N–H and O–H groups in total. The molecular formula is C13H13F3N2O2. The molecule has 0 saturated carbocycles. The van der Waals surface area contributed by atoms with Gasteiger partial charge in [0.15, 0.2) is 5.69 Å². The van der Waals surface area contributed by atoms with E-state index >= 15 is 0 Å². The summed E-state index contributed by atoms with van der Waals surface area (Å²) in [6.07, 6.45) is 1.48. The van der Waals surface area contributed by atoms with Gasteiger partial charge >= 0.3 is 12.1 Å². The molecule has 0 unspecified atom stereocenters. The Kier molecular flexibility index (Phi) is 4.90. The number of halogens is 3. The van der Waals surface area contributed by atoms with Gasteiger partial charge in [-0.1, -0.05) is 30.9 Å². The van der Waals surface area contributed by atoms with Crippen molar-refractivity contribution in [2.24, 2.45) is 0 Å². The molecule has 1 aromatic rings. The number of carboxylic acids is 1. The molecule has 1 aromatic heterocycles. The van der Waals surface area contributed by atoms with Crippen molar-refractivity contribution < 1.29 is 23.1 Å². The molecule has 7 heteroatoms. The van der Waals surface area contributed by atoms with Gasteiger partial charge in [0, 0.05) is 0 Å². The number of allylic oxidation sites excluding steroid dienone is 5. The molecule has 1 rings (SSSR count). The van der Waals surface area contributed by atoms with Crippen molar-refractivity contribution in [2.45, 2.75) is 19.6 Å². The van der Waals surface area contributed by atoms with Gasteiger partial charge in [0.2, 0.25) is 0 Å². The molecule has 4 nitrogen and oxygen atoms in total. The van der Waals surface area contributed by atoms with Crippen molar-refractivity contribution in [2.75, 3.05) is 0 Å². The monoisotopic (exact) mass is 286 g/mol. The van der Waals surface area contributed by atoms with Crippen LogP contribution < -0.4 is 0 Å². The third-order valence-electron chi connectivity index (χ3n) is 2.37. The van der Waals surface area contributed by atoms with Crippen molar-refractivity contribution in [3.05, 3.63) is 48.3 Å². The van der Waals surface area contributed by atoms with Gasteiger partial charge in [-0.15, -0.1) is 0 Å². The molecule has 108 valence electrons. The summed E-state index contributed by atoms with van der Waals surface area (Å²) in [7, 11) is 0. The summed E-state index contributed by atoms with van der Waals surface area (Å²) in [4.78, 5) is 10.7. The lowest BCUT2D eigenvalue weighted by atomic mass is 10.1. The van der Waals surface area contributed by atoms with Crippen molar-refractivity contribution in [3.63, 3.8) is 0 Å². The summed E-state index contributed by atoms with van der Waals surface area (Å²) in [5.74, 6) is -1.27. The second kappa shape index (κ2) is 6.23. The van der Waals surface area contributed by atoms with Crippen LogP contribution in [0.1, 0.15) is 18.3 Å². The maximum atomic E-state index is 12.7. The van der Waals surface area contributed by atoms with Crippen molar-refractivity contribution >= 4 is 11.5 Å². The standard InChI is InChI=1S/C13H13F3N2O2/c1-3-5-6-9(4-2)10-7-11(13(14,15)16)17-18(10)8-12(19)20/h3-7H,1,8H2,2H3,(H,19,20)/b6-5-,9-4+. The van der Waals surface area contributed by atoms with Crippen LogP contribution in [0, 0.1) is 0 Å². The molecule has 0 fully saturated rings. The molecule has 0 radical (unpaired) electrons. The van der Waals surface area contributed by atoms with E-state index in [-0.39, 0.29) is 5.69 Å². The summed E-state index contributed by atoms with van der Waals surface area (Å²) in [5, 5.41) is 12.0. The fourth-order valence-corrected chi connectivity index (χ4v) is 1.54. The number of carboxylic acid groups (broad SMARTS) is 1. The number of aliphatic carboxylic acids is 1. The van der Waals surface area contributed by atoms with Gasteiger partial charge < -0.3 is 5.11 Å². The fraction of sp³-hybridized carbons (Fsp3) is 0.231. The van der Waals surface area contributed by atoms with Gasteiger partial charge in [-0.3, -0.25) is 9.48 Å². The summed E-state index contributed by atoms with van der Waals surface area (Å²) >= 11 is 0. The first-order chi connectivity index (χ1) is 9.29. The number of carbonyl (C=O) groups is 1. The average Bonchev–Trinajstić information content (AvgIpc) is 2.73. The summed E-state index contributed by atoms with van der Waals surface area (Å²) in [6, 6.07) is 0.825. The van der Waals surface area contributed by atoms with Crippen LogP contribution in [-0.4, -0.2) is 20.9 Å². The van der Waals surface area contributed by atoms with Crippen LogP contribution in [0.4, 0.5) is 13.2 Å². The summed E-state index contributed by atoms with van der Waals surface area (Å²) < 4.78 is 38.8. The molecule has 20 heavy (non-hydrogen) atoms. The van der Waals surface area contributed by atoms with Gasteiger partial charge in [0.25, 0.3) is 0 Å². The first kappa shape index (κ1) is 15.7. The third-order valence-corrected chi connectivity index (χ3v) is 2.37. The van der Waals surface area contributed by atoms with Crippen LogP contribution >= 0.6 is 0 Å². The van der Waals surface area contributed by atoms with E-state index in [0.717, 1.165) is 10.7 Å². The Morgan fingerprint density at radius 1 is 1.55 bits per heavy atom. The minimum absolute atomic E-state index is 0.0836. The van der Waals surface area contributed by atoms with Crippen LogP contribution in [-0.2, 0) is 17.5 Å². The van der Waals surface area contributed by atoms with Gasteiger partial charge in [-0.2, -0.15) is 18.3 Å². The minimum atomic E-state index is -4.63. The fourth-order valence-electron chi connectivity index (χ4n) is 1.54. The Labute approximate surface area is 113 Å². The van der Waals surface area contributed by atoms with E-state index in [4.69, 9.17) is 5.11 Å². The number of hydrogen-bond donors (Lipinski definition) is 1. The molecule has 0 aliphatic rings. The zero-order valence-electron chi connectivity index (χ0n) is 10.7. The van der Waals surface area contributed by atoms with E-state index in [0.29, 0.717) is 5.57 Å². The lowest BCUT2D eigenvalue weighted by molar-refractivity contribution is -0.143. The number of alkyl halides is 3. The maximum Gasteiger partial charge on any atom is 0.435 e. The Bertz CT molecular complexity index is 569. The quantitative estimate of drug-likeness (QED) is 0.846. The smallest absolute Gasteiger partial charge is 0.435 e. The number of nitrogens with zero attached hydrogens (tertiary/aromatic N) is 2. The third kappa shape index (κ3) is 3.84. The highest BCUT2D eigenvalue weighted by Gasteiger charge is 2.35. The van der Waals surface area contributed by atoms with Crippen molar-refractivity contribution in [1.82, 2.24) is 9.78 Å². The largest absolute Gasteiger partial charge is 0.480 e. The van der Waals surface area contributed by atoms with E-state index in [1.165, 1.54) is 12.2 Å². The second-order valence-corrected chi connectivity index (χ2v) is 3.80. The van der Waals surface area contributed by atoms with Gasteiger partial charge in [-0.25, -0.2) is 0 Å². The molecule has 0 aliphatic heterocycles. The number of rotatable bonds is 5. The van der Waals surface area contributed by atoms with E-state index < -0.39 is 24.4 Å². The molecular weight excluding hydrogens is 273 g/mol. The zero-order valence-corrected chi connectivity index (χ0v) is 10.7. The number of hydrogen-bond acceptors (Lipinski definition) is 2. The van der Waals surface area contributed by atoms with Crippen LogP contribution in [0.5, 0.6) is 0 Å². The predicted molar refractivity (Wildman–Crippen MR) is 67.9 cm³/mol. The average molecular weight is 286 g/mol. The minimum Gasteiger partial charge on any atom is -0.480 e. The lowest BCUT2D eigenvalue weighted by Crippen LogP contribution is -2.14. The highest BCUT2D eigenvalue weighted by molar-refractivity contribution is 5.74. The maximum absolute atomic E-state index is 12.7. The van der Waals surface area contributed by atoms with Crippen molar-refractivity contribution in [1.29, 1.82) is 0 Å². The van der Waals surface area contributed by atoms with Crippen LogP contribution in [0.15, 0.2) is 36.9 Å². The lowest BCUT2D eigenvalue weighted by Gasteiger charge is -2.05. The first-order valence-corrected chi connectivity index (χ1v) is 5.62. The molecule has 1 heterocycles. The normalized spacial score (nSPS) is 12.9. The predicted octanol–water partition coefficient (Wildman–Crippen LogP) is 3.13. The second-order valence-electron chi connectivity index (χ2n) is 3.80. The molecule has 0 aliphatic carbocycles. The Balaban J connectivity index is 3.34. The molecule has 0 bridgehead atoms. The van der Waals surface area contributed by atoms with Crippen LogP contribution in [0.3, 0.4) is 0 Å². The molecule has 0 saturated heterocycles. The molecule has 0 spiro atoms. The highest BCUT2D eigenvalue weighted by atomic mass is 19.4. The molecule has 0 amide bonds. The van der Waals surface area contributed by atoms with Crippen LogP contribution in [0.2, 0.25) is 0 Å². The molecule has 0 atom stereocenters. The van der Waals surface area contributed by atoms with Crippen LogP contribution in [0.25, 0.3) is 5.57 Å². The van der Waals surface area contributed by atoms with E-state index in [1.54, 1.807) is 19.1 Å². The highest BCUT2D eigenvalue weighted by Crippen LogP contribution is 2.30. The first-order valence-electron chi connectivity index (χ1n) is 5.62. The van der Waals surface area contributed by atoms with E-state index in [9.17, 15) is 18.0 Å². The Hall–Kier alpha value is -2.31. The van der Waals surface area contributed by atoms with Gasteiger partial charge in [0.05, 0.1) is 5.69 Å². The molecule has 0 aromatic carbocycles. The Morgan fingerprint density at radius 3 is 2.65 bits per heavy atom. The van der Waals surface area contributed by atoms with E-state index in [1.807, 2.05) is 0 Å². The van der Waals surface area contributed by atoms with Crippen molar-refractivity contribution in [3.8, 4) is 0 Å². The SMILES string of the molecule is C=C/C=C\C(=C/C)c1cc(C(F)(F)F)nn1CC(=O)O. The van der Waals surface area contributed by atoms with Gasteiger partial charge in [-0.05, 0) is 18.6 Å². The topological polar surface area (TPSA) is 55.1 Å². The summed E-state index contributed by atoms with van der Waals surface area (Å²) in [5.41, 5.74) is -0.616. The van der Waals surface area contributed by atoms with E-state index in [2.05, 4.69) is 11.7 Å². The van der Waals surface area contributed by atoms with Gasteiger partial charge in [0.1, 0.15) is 6.54 Å². The zero-order chi connectivity index (χ0) is 15.3. The Morgan fingerprint density at radius 2 is 2.20 bits per heavy atom. The number of aromatic nitrogens is 2. The summed E-state index contributed by atoms with van der Waals surface area (Å²) in [6.45, 7) is 4.45.